The number of hydrogen-bond donors (Lipinski definition) is 2. The lowest BCUT2D eigenvalue weighted by Crippen LogP contribution is -2.59. The number of halogens is 1. The number of aliphatic hydroxyl groups is 1. The van der Waals surface area contributed by atoms with Crippen molar-refractivity contribution in [3.8, 4) is 0 Å². The van der Waals surface area contributed by atoms with Crippen molar-refractivity contribution < 1.29 is 5.11 Å². The van der Waals surface area contributed by atoms with Crippen molar-refractivity contribution >= 4 is 27.3 Å². The molecule has 2 atom stereocenters. The first-order valence-electron chi connectivity index (χ1n) is 5.14. The standard InChI is InChI=1S/C11H16BrNOS/c1-11(2)9(4-10(11)14)13-5-8-3-7(12)6-15-8/h3,6,9-10,13-14H,4-5H2,1-2H3. The van der Waals surface area contributed by atoms with Crippen molar-refractivity contribution in [2.45, 2.75) is 39.0 Å². The topological polar surface area (TPSA) is 32.3 Å². The van der Waals surface area contributed by atoms with Crippen LogP contribution in [0.3, 0.4) is 0 Å². The second-order valence-corrected chi connectivity index (χ2v) is 6.65. The molecule has 2 unspecified atom stereocenters. The van der Waals surface area contributed by atoms with Gasteiger partial charge in [0.1, 0.15) is 0 Å². The van der Waals surface area contributed by atoms with Gasteiger partial charge in [0, 0.05) is 32.7 Å². The summed E-state index contributed by atoms with van der Waals surface area (Å²) in [4.78, 5) is 1.33. The van der Waals surface area contributed by atoms with Crippen LogP contribution in [0.2, 0.25) is 0 Å². The van der Waals surface area contributed by atoms with Gasteiger partial charge in [-0.25, -0.2) is 0 Å². The highest BCUT2D eigenvalue weighted by molar-refractivity contribution is 9.10. The Labute approximate surface area is 103 Å². The Morgan fingerprint density at radius 2 is 2.40 bits per heavy atom. The molecular weight excluding hydrogens is 274 g/mol. The van der Waals surface area contributed by atoms with Crippen LogP contribution in [0.4, 0.5) is 0 Å². The van der Waals surface area contributed by atoms with E-state index in [-0.39, 0.29) is 11.5 Å². The fraction of sp³-hybridized carbons (Fsp3) is 0.636. The van der Waals surface area contributed by atoms with Crippen molar-refractivity contribution in [1.82, 2.24) is 5.32 Å². The zero-order chi connectivity index (χ0) is 11.1. The number of aliphatic hydroxyl groups excluding tert-OH is 1. The van der Waals surface area contributed by atoms with Crippen molar-refractivity contribution in [2.75, 3.05) is 0 Å². The van der Waals surface area contributed by atoms with Gasteiger partial charge in [-0.1, -0.05) is 13.8 Å². The fourth-order valence-corrected chi connectivity index (χ4v) is 3.32. The normalized spacial score (nSPS) is 28.8. The average molecular weight is 290 g/mol. The molecule has 0 bridgehead atoms. The zero-order valence-electron chi connectivity index (χ0n) is 8.96. The third-order valence-electron chi connectivity index (χ3n) is 3.36. The second-order valence-electron chi connectivity index (χ2n) is 4.74. The highest BCUT2D eigenvalue weighted by atomic mass is 79.9. The number of nitrogens with one attached hydrogen (secondary N) is 1. The Kier molecular flexibility index (Phi) is 3.22. The summed E-state index contributed by atoms with van der Waals surface area (Å²) >= 11 is 5.20. The van der Waals surface area contributed by atoms with Gasteiger partial charge in [0.15, 0.2) is 0 Å². The van der Waals surface area contributed by atoms with Crippen LogP contribution >= 0.6 is 27.3 Å². The predicted octanol–water partition coefficient (Wildman–Crippen LogP) is 2.76. The molecule has 0 aromatic carbocycles. The first-order chi connectivity index (χ1) is 7.00. The van der Waals surface area contributed by atoms with Gasteiger partial charge >= 0.3 is 0 Å². The maximum absolute atomic E-state index is 9.60. The van der Waals surface area contributed by atoms with Crippen LogP contribution in [0.5, 0.6) is 0 Å². The van der Waals surface area contributed by atoms with Crippen LogP contribution in [0.1, 0.15) is 25.1 Å². The largest absolute Gasteiger partial charge is 0.392 e. The number of rotatable bonds is 3. The molecule has 0 radical (unpaired) electrons. The molecule has 15 heavy (non-hydrogen) atoms. The van der Waals surface area contributed by atoms with Crippen molar-refractivity contribution in [2.24, 2.45) is 5.41 Å². The van der Waals surface area contributed by atoms with Gasteiger partial charge in [-0.15, -0.1) is 11.3 Å². The minimum Gasteiger partial charge on any atom is -0.392 e. The maximum Gasteiger partial charge on any atom is 0.0621 e. The molecule has 1 aliphatic rings. The predicted molar refractivity (Wildman–Crippen MR) is 67.1 cm³/mol. The lowest BCUT2D eigenvalue weighted by molar-refractivity contribution is -0.0729. The van der Waals surface area contributed by atoms with Gasteiger partial charge in [-0.05, 0) is 28.4 Å². The molecule has 1 aliphatic carbocycles. The molecule has 0 amide bonds. The molecule has 1 fully saturated rings. The minimum atomic E-state index is -0.148. The Morgan fingerprint density at radius 3 is 2.87 bits per heavy atom. The van der Waals surface area contributed by atoms with Crippen LogP contribution in [-0.4, -0.2) is 17.3 Å². The Hall–Kier alpha value is 0.1000. The van der Waals surface area contributed by atoms with Gasteiger partial charge in [0.25, 0.3) is 0 Å². The lowest BCUT2D eigenvalue weighted by atomic mass is 9.64. The molecule has 2 nitrogen and oxygen atoms in total. The molecule has 1 aromatic heterocycles. The summed E-state index contributed by atoms with van der Waals surface area (Å²) in [6.07, 6.45) is 0.726. The summed E-state index contributed by atoms with van der Waals surface area (Å²) in [6, 6.07) is 2.58. The van der Waals surface area contributed by atoms with E-state index in [1.54, 1.807) is 11.3 Å². The molecule has 0 saturated heterocycles. The minimum absolute atomic E-state index is 0.0223. The summed E-state index contributed by atoms with van der Waals surface area (Å²) in [6.45, 7) is 5.13. The summed E-state index contributed by atoms with van der Waals surface area (Å²) in [5.74, 6) is 0. The summed E-state index contributed by atoms with van der Waals surface area (Å²) in [7, 11) is 0. The zero-order valence-corrected chi connectivity index (χ0v) is 11.4. The first-order valence-corrected chi connectivity index (χ1v) is 6.82. The van der Waals surface area contributed by atoms with Crippen LogP contribution in [-0.2, 0) is 6.54 Å². The summed E-state index contributed by atoms with van der Waals surface area (Å²) < 4.78 is 1.15. The van der Waals surface area contributed by atoms with E-state index < -0.39 is 0 Å². The molecule has 2 rings (SSSR count). The maximum atomic E-state index is 9.60. The smallest absolute Gasteiger partial charge is 0.0621 e. The Balaban J connectivity index is 1.85. The quantitative estimate of drug-likeness (QED) is 0.897. The SMILES string of the molecule is CC1(C)C(O)CC1NCc1cc(Br)cs1. The van der Waals surface area contributed by atoms with Crippen LogP contribution in [0.15, 0.2) is 15.9 Å². The van der Waals surface area contributed by atoms with E-state index in [0.29, 0.717) is 6.04 Å². The van der Waals surface area contributed by atoms with Crippen LogP contribution in [0, 0.1) is 5.41 Å². The molecular formula is C11H16BrNOS. The van der Waals surface area contributed by atoms with Crippen molar-refractivity contribution in [3.05, 3.63) is 20.8 Å². The highest BCUT2D eigenvalue weighted by Crippen LogP contribution is 2.40. The van der Waals surface area contributed by atoms with Crippen molar-refractivity contribution in [3.63, 3.8) is 0 Å². The van der Waals surface area contributed by atoms with Gasteiger partial charge in [-0.2, -0.15) is 0 Å². The van der Waals surface area contributed by atoms with E-state index in [0.717, 1.165) is 17.4 Å². The molecule has 0 spiro atoms. The van der Waals surface area contributed by atoms with Gasteiger partial charge in [0.2, 0.25) is 0 Å². The average Bonchev–Trinajstić information content (AvgIpc) is 2.58. The Bertz CT molecular complexity index is 350. The van der Waals surface area contributed by atoms with Crippen LogP contribution < -0.4 is 5.32 Å². The molecule has 84 valence electrons. The van der Waals surface area contributed by atoms with E-state index in [4.69, 9.17) is 0 Å². The molecule has 2 N–H and O–H groups in total. The Morgan fingerprint density at radius 1 is 1.67 bits per heavy atom. The number of hydrogen-bond acceptors (Lipinski definition) is 3. The van der Waals surface area contributed by atoms with E-state index in [9.17, 15) is 5.11 Å². The monoisotopic (exact) mass is 289 g/mol. The van der Waals surface area contributed by atoms with Crippen LogP contribution in [0.25, 0.3) is 0 Å². The third kappa shape index (κ3) is 2.28. The lowest BCUT2D eigenvalue weighted by Gasteiger charge is -2.49. The third-order valence-corrected chi connectivity index (χ3v) is 5.06. The molecule has 1 saturated carbocycles. The molecule has 1 heterocycles. The van der Waals surface area contributed by atoms with Gasteiger partial charge < -0.3 is 10.4 Å². The summed E-state index contributed by atoms with van der Waals surface area (Å²) in [5.41, 5.74) is 0.0223. The summed E-state index contributed by atoms with van der Waals surface area (Å²) in [5, 5.41) is 15.2. The van der Waals surface area contributed by atoms with E-state index >= 15 is 0 Å². The van der Waals surface area contributed by atoms with Gasteiger partial charge in [-0.3, -0.25) is 0 Å². The van der Waals surface area contributed by atoms with E-state index in [1.165, 1.54) is 4.88 Å². The fourth-order valence-electron chi connectivity index (χ4n) is 1.92. The van der Waals surface area contributed by atoms with Gasteiger partial charge in [0.05, 0.1) is 6.10 Å². The number of thiophene rings is 1. The molecule has 0 aliphatic heterocycles. The van der Waals surface area contributed by atoms with E-state index in [2.05, 4.69) is 46.5 Å². The van der Waals surface area contributed by atoms with E-state index in [1.807, 2.05) is 0 Å². The second kappa shape index (κ2) is 4.17. The van der Waals surface area contributed by atoms with Crippen molar-refractivity contribution in [1.29, 1.82) is 0 Å². The molecule has 1 aromatic rings. The highest BCUT2D eigenvalue weighted by Gasteiger charge is 2.46. The molecule has 4 heteroatoms. The first kappa shape index (κ1) is 11.6.